The van der Waals surface area contributed by atoms with Gasteiger partial charge in [0.05, 0.1) is 12.4 Å². The first-order valence-corrected chi connectivity index (χ1v) is 7.85. The van der Waals surface area contributed by atoms with Gasteiger partial charge in [0.15, 0.2) is 11.5 Å². The van der Waals surface area contributed by atoms with Crippen LogP contribution in [0.25, 0.3) is 22.3 Å². The molecule has 24 heavy (non-hydrogen) atoms. The molecule has 6 heteroatoms. The summed E-state index contributed by atoms with van der Waals surface area (Å²) in [6, 6.07) is 12.6. The van der Waals surface area contributed by atoms with Crippen LogP contribution in [0, 0.1) is 0 Å². The second-order valence-electron chi connectivity index (χ2n) is 5.75. The van der Waals surface area contributed by atoms with E-state index in [-0.39, 0.29) is 6.04 Å². The zero-order chi connectivity index (χ0) is 16.5. The highest BCUT2D eigenvalue weighted by molar-refractivity contribution is 5.83. The second kappa shape index (κ2) is 5.81. The van der Waals surface area contributed by atoms with Crippen molar-refractivity contribution in [3.05, 3.63) is 60.9 Å². The molecule has 120 valence electrons. The van der Waals surface area contributed by atoms with Gasteiger partial charge in [-0.25, -0.2) is 15.0 Å². The van der Waals surface area contributed by atoms with Gasteiger partial charge >= 0.3 is 0 Å². The number of fused-ring (bicyclic) bond motifs is 1. The van der Waals surface area contributed by atoms with E-state index in [2.05, 4.69) is 67.1 Å². The van der Waals surface area contributed by atoms with Crippen LogP contribution in [-0.2, 0) is 0 Å². The summed E-state index contributed by atoms with van der Waals surface area (Å²) in [7, 11) is 2.02. The Hall–Kier alpha value is -3.15. The van der Waals surface area contributed by atoms with Crippen molar-refractivity contribution in [3.8, 4) is 11.1 Å². The van der Waals surface area contributed by atoms with E-state index < -0.39 is 0 Å². The number of benzene rings is 1. The first-order valence-electron chi connectivity index (χ1n) is 7.85. The Morgan fingerprint density at radius 2 is 1.83 bits per heavy atom. The predicted molar refractivity (Wildman–Crippen MR) is 94.7 cm³/mol. The summed E-state index contributed by atoms with van der Waals surface area (Å²) in [4.78, 5) is 21.5. The van der Waals surface area contributed by atoms with E-state index in [1.807, 2.05) is 19.3 Å². The normalized spacial score (nSPS) is 12.4. The number of rotatable bonds is 4. The van der Waals surface area contributed by atoms with Crippen molar-refractivity contribution in [1.82, 2.24) is 24.9 Å². The molecule has 0 aliphatic carbocycles. The third-order valence-corrected chi connectivity index (χ3v) is 4.39. The molecule has 0 saturated heterocycles. The third-order valence-electron chi connectivity index (χ3n) is 4.39. The molecule has 0 saturated carbocycles. The van der Waals surface area contributed by atoms with Gasteiger partial charge < -0.3 is 14.9 Å². The molecule has 1 aromatic carbocycles. The maximum absolute atomic E-state index is 4.43. The van der Waals surface area contributed by atoms with Gasteiger partial charge in [-0.3, -0.25) is 0 Å². The van der Waals surface area contributed by atoms with Crippen LogP contribution in [-0.4, -0.2) is 32.0 Å². The largest absolute Gasteiger partial charge is 0.363 e. The fraction of sp³-hybridized carbons (Fsp3) is 0.167. The van der Waals surface area contributed by atoms with E-state index in [9.17, 15) is 0 Å². The zero-order valence-electron chi connectivity index (χ0n) is 13.6. The maximum Gasteiger partial charge on any atom is 0.162 e. The number of H-pyrrole nitrogens is 2. The lowest BCUT2D eigenvalue weighted by Crippen LogP contribution is -2.23. The van der Waals surface area contributed by atoms with Crippen LogP contribution in [0.15, 0.2) is 55.2 Å². The van der Waals surface area contributed by atoms with Gasteiger partial charge in [0.1, 0.15) is 11.8 Å². The quantitative estimate of drug-likeness (QED) is 0.603. The summed E-state index contributed by atoms with van der Waals surface area (Å²) < 4.78 is 0. The number of nitrogens with one attached hydrogen (secondary N) is 2. The summed E-state index contributed by atoms with van der Waals surface area (Å²) in [5.41, 5.74) is 5.06. The van der Waals surface area contributed by atoms with Crippen molar-refractivity contribution in [2.45, 2.75) is 13.0 Å². The molecule has 4 aromatic rings. The van der Waals surface area contributed by atoms with Gasteiger partial charge in [0.25, 0.3) is 0 Å². The molecule has 3 heterocycles. The molecule has 0 aliphatic rings. The van der Waals surface area contributed by atoms with E-state index in [0.29, 0.717) is 0 Å². The molecule has 0 amide bonds. The van der Waals surface area contributed by atoms with E-state index in [0.717, 1.165) is 22.7 Å². The molecule has 6 nitrogen and oxygen atoms in total. The summed E-state index contributed by atoms with van der Waals surface area (Å²) in [5.74, 6) is 0.808. The number of hydrogen-bond acceptors (Lipinski definition) is 4. The molecule has 0 fully saturated rings. The smallest absolute Gasteiger partial charge is 0.162 e. The summed E-state index contributed by atoms with van der Waals surface area (Å²) in [6.45, 7) is 2.15. The molecule has 0 spiro atoms. The van der Waals surface area contributed by atoms with Crippen LogP contribution in [0.4, 0.5) is 5.82 Å². The zero-order valence-corrected chi connectivity index (χ0v) is 13.6. The van der Waals surface area contributed by atoms with Gasteiger partial charge in [-0.1, -0.05) is 30.3 Å². The van der Waals surface area contributed by atoms with E-state index >= 15 is 0 Å². The minimum absolute atomic E-state index is 0.102. The van der Waals surface area contributed by atoms with E-state index in [4.69, 9.17) is 0 Å². The minimum Gasteiger partial charge on any atom is -0.363 e. The van der Waals surface area contributed by atoms with Crippen LogP contribution in [0.1, 0.15) is 18.7 Å². The third kappa shape index (κ3) is 2.32. The topological polar surface area (TPSA) is 73.5 Å². The summed E-state index contributed by atoms with van der Waals surface area (Å²) in [6.07, 6.45) is 5.18. The van der Waals surface area contributed by atoms with Crippen molar-refractivity contribution in [2.24, 2.45) is 0 Å². The van der Waals surface area contributed by atoms with E-state index in [1.54, 1.807) is 12.7 Å². The summed E-state index contributed by atoms with van der Waals surface area (Å²) >= 11 is 0. The minimum atomic E-state index is 0.102. The van der Waals surface area contributed by atoms with Crippen LogP contribution < -0.4 is 4.90 Å². The second-order valence-corrected chi connectivity index (χ2v) is 5.75. The molecule has 3 aromatic heterocycles. The number of imidazole rings is 1. The van der Waals surface area contributed by atoms with E-state index in [1.165, 1.54) is 11.1 Å². The number of hydrogen-bond donors (Lipinski definition) is 2. The Morgan fingerprint density at radius 3 is 2.67 bits per heavy atom. The lowest BCUT2D eigenvalue weighted by Gasteiger charge is -2.26. The SMILES string of the molecule is CC(c1[nH]ccc1-c1ccccc1)N(C)c1ncnc2[nH]cnc12. The molecule has 4 rings (SSSR count). The van der Waals surface area contributed by atoms with Gasteiger partial charge in [-0.15, -0.1) is 0 Å². The Kier molecular flexibility index (Phi) is 3.49. The number of nitrogens with zero attached hydrogens (tertiary/aromatic N) is 4. The van der Waals surface area contributed by atoms with Crippen LogP contribution in [0.3, 0.4) is 0 Å². The molecular weight excluding hydrogens is 300 g/mol. The average molecular weight is 318 g/mol. The van der Waals surface area contributed by atoms with Gasteiger partial charge in [-0.05, 0) is 18.6 Å². The molecule has 1 unspecified atom stereocenters. The fourth-order valence-corrected chi connectivity index (χ4v) is 2.98. The Labute approximate surface area is 139 Å². The number of anilines is 1. The Balaban J connectivity index is 1.73. The lowest BCUT2D eigenvalue weighted by atomic mass is 10.0. The van der Waals surface area contributed by atoms with Crippen molar-refractivity contribution in [3.63, 3.8) is 0 Å². The standard InChI is InChI=1S/C18H18N6/c1-12(15-14(8-9-19-15)13-6-4-3-5-7-13)24(2)18-16-17(21-10-20-16)22-11-23-18/h3-12,19H,1-2H3,(H,20,21,22,23). The monoisotopic (exact) mass is 318 g/mol. The molecule has 1 atom stereocenters. The molecule has 2 N–H and O–H groups in total. The highest BCUT2D eigenvalue weighted by atomic mass is 15.2. The van der Waals surface area contributed by atoms with Crippen LogP contribution >= 0.6 is 0 Å². The molecule has 0 aliphatic heterocycles. The molecule has 0 bridgehead atoms. The lowest BCUT2D eigenvalue weighted by molar-refractivity contribution is 0.713. The van der Waals surface area contributed by atoms with Gasteiger partial charge in [0, 0.05) is 24.5 Å². The van der Waals surface area contributed by atoms with Crippen LogP contribution in [0.5, 0.6) is 0 Å². The molecular formula is C18H18N6. The van der Waals surface area contributed by atoms with Crippen molar-refractivity contribution < 1.29 is 0 Å². The first-order chi connectivity index (χ1) is 11.8. The maximum atomic E-state index is 4.43. The number of aromatic nitrogens is 5. The van der Waals surface area contributed by atoms with Crippen molar-refractivity contribution in [1.29, 1.82) is 0 Å². The Bertz CT molecular complexity index is 956. The van der Waals surface area contributed by atoms with Crippen LogP contribution in [0.2, 0.25) is 0 Å². The highest BCUT2D eigenvalue weighted by Crippen LogP contribution is 2.32. The summed E-state index contributed by atoms with van der Waals surface area (Å²) in [5, 5.41) is 0. The average Bonchev–Trinajstić information content (AvgIpc) is 3.30. The predicted octanol–water partition coefficient (Wildman–Crippen LogP) is 3.55. The fourth-order valence-electron chi connectivity index (χ4n) is 2.98. The van der Waals surface area contributed by atoms with Crippen molar-refractivity contribution in [2.75, 3.05) is 11.9 Å². The molecule has 0 radical (unpaired) electrons. The van der Waals surface area contributed by atoms with Gasteiger partial charge in [0.2, 0.25) is 0 Å². The first kappa shape index (κ1) is 14.4. The Morgan fingerprint density at radius 1 is 1.00 bits per heavy atom. The number of aromatic amines is 2. The highest BCUT2D eigenvalue weighted by Gasteiger charge is 2.21. The van der Waals surface area contributed by atoms with Crippen molar-refractivity contribution >= 4 is 17.0 Å². The van der Waals surface area contributed by atoms with Gasteiger partial charge in [-0.2, -0.15) is 0 Å².